The smallest absolute Gasteiger partial charge is 0.0931 e. The minimum Gasteiger partial charge on any atom is -0.329 e. The Morgan fingerprint density at radius 3 is 2.45 bits per heavy atom. The Bertz CT molecular complexity index is 423. The van der Waals surface area contributed by atoms with Crippen LogP contribution in [0.15, 0.2) is 12.1 Å². The first-order valence-electron chi connectivity index (χ1n) is 7.71. The summed E-state index contributed by atoms with van der Waals surface area (Å²) >= 11 is 7.73. The van der Waals surface area contributed by atoms with Crippen LogP contribution in [0.2, 0.25) is 4.34 Å². The number of nitrogens with two attached hydrogens (primary N) is 1. The molecule has 0 radical (unpaired) electrons. The third kappa shape index (κ3) is 3.20. The molecule has 2 N–H and O–H groups in total. The Morgan fingerprint density at radius 1 is 1.20 bits per heavy atom. The molecule has 3 rings (SSSR count). The predicted octanol–water partition coefficient (Wildman–Crippen LogP) is 2.96. The highest BCUT2D eigenvalue weighted by molar-refractivity contribution is 7.16. The second-order valence-electron chi connectivity index (χ2n) is 5.90. The summed E-state index contributed by atoms with van der Waals surface area (Å²) in [6, 6.07) is 5.32. The van der Waals surface area contributed by atoms with Crippen LogP contribution in [0.3, 0.4) is 0 Å². The van der Waals surface area contributed by atoms with Gasteiger partial charge < -0.3 is 5.73 Å². The molecular weight excluding hydrogens is 290 g/mol. The van der Waals surface area contributed by atoms with Crippen molar-refractivity contribution in [3.8, 4) is 0 Å². The van der Waals surface area contributed by atoms with E-state index >= 15 is 0 Å². The Morgan fingerprint density at radius 2 is 1.90 bits per heavy atom. The van der Waals surface area contributed by atoms with Crippen LogP contribution in [0.5, 0.6) is 0 Å². The molecule has 1 saturated carbocycles. The molecule has 2 heterocycles. The first-order chi connectivity index (χ1) is 9.78. The lowest BCUT2D eigenvalue weighted by Gasteiger charge is -2.41. The zero-order valence-electron chi connectivity index (χ0n) is 11.9. The largest absolute Gasteiger partial charge is 0.329 e. The van der Waals surface area contributed by atoms with Crippen molar-refractivity contribution < 1.29 is 0 Å². The molecule has 5 heteroatoms. The zero-order chi connectivity index (χ0) is 13.9. The molecule has 1 unspecified atom stereocenters. The monoisotopic (exact) mass is 313 g/mol. The molecule has 1 aromatic heterocycles. The summed E-state index contributed by atoms with van der Waals surface area (Å²) in [5.74, 6) is 0. The molecule has 2 fully saturated rings. The van der Waals surface area contributed by atoms with Crippen LogP contribution in [-0.2, 0) is 0 Å². The molecule has 1 aliphatic carbocycles. The normalized spacial score (nSPS) is 24.3. The zero-order valence-corrected chi connectivity index (χ0v) is 13.5. The SMILES string of the molecule is NCC(c1ccc(Cl)s1)N1CCN(C2CCCC2)CC1. The number of nitrogens with zero attached hydrogens (tertiary/aromatic N) is 2. The minimum absolute atomic E-state index is 0.346. The number of hydrogen-bond acceptors (Lipinski definition) is 4. The van der Waals surface area contributed by atoms with Gasteiger partial charge in [-0.05, 0) is 25.0 Å². The van der Waals surface area contributed by atoms with E-state index in [1.165, 1.54) is 43.6 Å². The van der Waals surface area contributed by atoms with E-state index < -0.39 is 0 Å². The second kappa shape index (κ2) is 6.75. The molecule has 0 spiro atoms. The topological polar surface area (TPSA) is 32.5 Å². The molecule has 1 aromatic rings. The summed E-state index contributed by atoms with van der Waals surface area (Å²) in [5, 5.41) is 0. The standard InChI is InChI=1S/C15H24ClN3S/c16-15-6-5-14(20-15)13(11-17)19-9-7-18(8-10-19)12-3-1-2-4-12/h5-6,12-13H,1-4,7-11,17H2. The third-order valence-corrected chi connectivity index (χ3v) is 6.11. The Labute approximate surface area is 130 Å². The van der Waals surface area contributed by atoms with E-state index in [9.17, 15) is 0 Å². The van der Waals surface area contributed by atoms with E-state index in [0.717, 1.165) is 23.5 Å². The van der Waals surface area contributed by atoms with E-state index in [1.807, 2.05) is 6.07 Å². The number of rotatable bonds is 4. The van der Waals surface area contributed by atoms with E-state index in [2.05, 4.69) is 15.9 Å². The van der Waals surface area contributed by atoms with E-state index in [4.69, 9.17) is 17.3 Å². The molecule has 112 valence electrons. The van der Waals surface area contributed by atoms with Crippen molar-refractivity contribution in [1.29, 1.82) is 0 Å². The quantitative estimate of drug-likeness (QED) is 0.927. The molecule has 1 atom stereocenters. The lowest BCUT2D eigenvalue weighted by Crippen LogP contribution is -2.51. The van der Waals surface area contributed by atoms with Crippen LogP contribution in [-0.4, -0.2) is 48.6 Å². The maximum Gasteiger partial charge on any atom is 0.0931 e. The van der Waals surface area contributed by atoms with Crippen LogP contribution in [0.4, 0.5) is 0 Å². The van der Waals surface area contributed by atoms with Crippen molar-refractivity contribution in [3.05, 3.63) is 21.3 Å². The van der Waals surface area contributed by atoms with Crippen molar-refractivity contribution in [3.63, 3.8) is 0 Å². The average molecular weight is 314 g/mol. The fourth-order valence-electron chi connectivity index (χ4n) is 3.64. The van der Waals surface area contributed by atoms with Crippen LogP contribution in [0.1, 0.15) is 36.6 Å². The first-order valence-corrected chi connectivity index (χ1v) is 8.91. The first kappa shape index (κ1) is 14.8. The van der Waals surface area contributed by atoms with Crippen LogP contribution in [0, 0.1) is 0 Å². The lowest BCUT2D eigenvalue weighted by molar-refractivity contribution is 0.0732. The van der Waals surface area contributed by atoms with Gasteiger partial charge >= 0.3 is 0 Å². The number of piperazine rings is 1. The van der Waals surface area contributed by atoms with Gasteiger partial charge in [0.05, 0.1) is 10.4 Å². The highest BCUT2D eigenvalue weighted by Crippen LogP contribution is 2.31. The molecule has 1 saturated heterocycles. The summed E-state index contributed by atoms with van der Waals surface area (Å²) in [7, 11) is 0. The summed E-state index contributed by atoms with van der Waals surface area (Å²) < 4.78 is 0.864. The average Bonchev–Trinajstić information content (AvgIpc) is 3.12. The number of thiophene rings is 1. The number of hydrogen-bond donors (Lipinski definition) is 1. The van der Waals surface area contributed by atoms with E-state index in [0.29, 0.717) is 12.6 Å². The van der Waals surface area contributed by atoms with Gasteiger partial charge in [-0.1, -0.05) is 24.4 Å². The van der Waals surface area contributed by atoms with Crippen molar-refractivity contribution in [2.75, 3.05) is 32.7 Å². The highest BCUT2D eigenvalue weighted by Gasteiger charge is 2.29. The Balaban J connectivity index is 1.58. The van der Waals surface area contributed by atoms with E-state index in [-0.39, 0.29) is 0 Å². The highest BCUT2D eigenvalue weighted by atomic mass is 35.5. The third-order valence-electron chi connectivity index (χ3n) is 4.78. The van der Waals surface area contributed by atoms with Crippen LogP contribution < -0.4 is 5.73 Å². The molecule has 0 aromatic carbocycles. The van der Waals surface area contributed by atoms with Gasteiger partial charge in [-0.3, -0.25) is 9.80 Å². The van der Waals surface area contributed by atoms with Crippen LogP contribution in [0.25, 0.3) is 0 Å². The van der Waals surface area contributed by atoms with Gasteiger partial charge in [0, 0.05) is 43.6 Å². The fraction of sp³-hybridized carbons (Fsp3) is 0.733. The summed E-state index contributed by atoms with van der Waals surface area (Å²) in [6.45, 7) is 5.34. The Kier molecular flexibility index (Phi) is 5.00. The summed E-state index contributed by atoms with van der Waals surface area (Å²) in [6.07, 6.45) is 5.65. The molecule has 0 amide bonds. The van der Waals surface area contributed by atoms with Crippen LogP contribution >= 0.6 is 22.9 Å². The molecule has 2 aliphatic rings. The molecule has 0 bridgehead atoms. The van der Waals surface area contributed by atoms with Gasteiger partial charge in [0.2, 0.25) is 0 Å². The summed E-state index contributed by atoms with van der Waals surface area (Å²) in [4.78, 5) is 6.54. The summed E-state index contributed by atoms with van der Waals surface area (Å²) in [5.41, 5.74) is 6.01. The van der Waals surface area contributed by atoms with Crippen molar-refractivity contribution in [1.82, 2.24) is 9.80 Å². The van der Waals surface area contributed by atoms with Crippen molar-refractivity contribution in [2.45, 2.75) is 37.8 Å². The van der Waals surface area contributed by atoms with Crippen molar-refractivity contribution >= 4 is 22.9 Å². The number of halogens is 1. The van der Waals surface area contributed by atoms with E-state index in [1.54, 1.807) is 11.3 Å². The van der Waals surface area contributed by atoms with Gasteiger partial charge in [-0.15, -0.1) is 11.3 Å². The maximum atomic E-state index is 6.06. The second-order valence-corrected chi connectivity index (χ2v) is 7.65. The van der Waals surface area contributed by atoms with Gasteiger partial charge in [-0.2, -0.15) is 0 Å². The molecule has 20 heavy (non-hydrogen) atoms. The molecule has 3 nitrogen and oxygen atoms in total. The fourth-order valence-corrected chi connectivity index (χ4v) is 4.85. The van der Waals surface area contributed by atoms with Crippen molar-refractivity contribution in [2.24, 2.45) is 5.73 Å². The minimum atomic E-state index is 0.346. The van der Waals surface area contributed by atoms with Gasteiger partial charge in [0.15, 0.2) is 0 Å². The molecule has 1 aliphatic heterocycles. The molecular formula is C15H24ClN3S. The maximum absolute atomic E-state index is 6.06. The predicted molar refractivity (Wildman–Crippen MR) is 86.5 cm³/mol. The van der Waals surface area contributed by atoms with Gasteiger partial charge in [-0.25, -0.2) is 0 Å². The van der Waals surface area contributed by atoms with Gasteiger partial charge in [0.25, 0.3) is 0 Å². The Hall–Kier alpha value is -0.130. The van der Waals surface area contributed by atoms with Gasteiger partial charge in [0.1, 0.15) is 0 Å². The lowest BCUT2D eigenvalue weighted by atomic mass is 10.1.